The summed E-state index contributed by atoms with van der Waals surface area (Å²) >= 11 is 0. The number of pyridine rings is 1. The highest BCUT2D eigenvalue weighted by molar-refractivity contribution is 5.74. The van der Waals surface area contributed by atoms with Gasteiger partial charge in [-0.05, 0) is 23.1 Å². The monoisotopic (exact) mass is 337 g/mol. The number of aromatic hydroxyl groups is 1. The molecule has 0 unspecified atom stereocenters. The van der Waals surface area contributed by atoms with E-state index in [0.717, 1.165) is 17.8 Å². The molecule has 0 saturated carbocycles. The maximum Gasteiger partial charge on any atom is 0.433 e. The summed E-state index contributed by atoms with van der Waals surface area (Å²) in [5, 5.41) is 10.4. The molecule has 0 radical (unpaired) electrons. The number of carbonyl (C=O) groups excluding carboxylic acids is 1. The fourth-order valence-corrected chi connectivity index (χ4v) is 2.31. The van der Waals surface area contributed by atoms with Crippen LogP contribution < -0.4 is 0 Å². The Morgan fingerprint density at radius 3 is 2.29 bits per heavy atom. The average molecular weight is 337 g/mol. The van der Waals surface area contributed by atoms with E-state index in [1.54, 1.807) is 12.1 Å². The maximum atomic E-state index is 12.6. The van der Waals surface area contributed by atoms with Gasteiger partial charge in [0.1, 0.15) is 17.7 Å². The summed E-state index contributed by atoms with van der Waals surface area (Å²) in [4.78, 5) is 14.3. The zero-order valence-corrected chi connectivity index (χ0v) is 13.6. The van der Waals surface area contributed by atoms with Crippen molar-refractivity contribution in [3.05, 3.63) is 47.3 Å². The van der Waals surface area contributed by atoms with E-state index in [0.29, 0.717) is 23.0 Å². The Bertz CT molecular complexity index is 745. The van der Waals surface area contributed by atoms with Crippen LogP contribution >= 0.6 is 0 Å². The van der Waals surface area contributed by atoms with Crippen LogP contribution in [0.2, 0.25) is 0 Å². The fraction of sp³-hybridized carbons (Fsp3) is 0.333. The van der Waals surface area contributed by atoms with E-state index in [1.165, 1.54) is 6.07 Å². The number of hydrogen-bond donors (Lipinski definition) is 1. The SMILES string of the molecule is CC(C)(C)c1cc(CC=O)c(O)c(-c2ccc(C(F)(F)F)nc2)c1. The van der Waals surface area contributed by atoms with Crippen molar-refractivity contribution in [2.24, 2.45) is 0 Å². The lowest BCUT2D eigenvalue weighted by Gasteiger charge is -2.22. The number of rotatable bonds is 3. The number of aldehydes is 1. The first-order chi connectivity index (χ1) is 11.0. The smallest absolute Gasteiger partial charge is 0.433 e. The number of carbonyl (C=O) groups is 1. The van der Waals surface area contributed by atoms with Gasteiger partial charge in [-0.3, -0.25) is 4.98 Å². The molecule has 0 aliphatic heterocycles. The van der Waals surface area contributed by atoms with Crippen molar-refractivity contribution in [1.82, 2.24) is 4.98 Å². The minimum absolute atomic E-state index is 0.0246. The van der Waals surface area contributed by atoms with Gasteiger partial charge in [-0.2, -0.15) is 13.2 Å². The van der Waals surface area contributed by atoms with Crippen molar-refractivity contribution >= 4 is 6.29 Å². The van der Waals surface area contributed by atoms with Crippen LogP contribution in [0.15, 0.2) is 30.5 Å². The molecule has 0 saturated heterocycles. The van der Waals surface area contributed by atoms with Gasteiger partial charge in [0.2, 0.25) is 0 Å². The molecule has 1 N–H and O–H groups in total. The maximum absolute atomic E-state index is 12.6. The summed E-state index contributed by atoms with van der Waals surface area (Å²) in [6.45, 7) is 5.91. The van der Waals surface area contributed by atoms with Crippen molar-refractivity contribution in [3.8, 4) is 16.9 Å². The van der Waals surface area contributed by atoms with Crippen molar-refractivity contribution < 1.29 is 23.1 Å². The topological polar surface area (TPSA) is 50.2 Å². The first-order valence-electron chi connectivity index (χ1n) is 7.37. The summed E-state index contributed by atoms with van der Waals surface area (Å²) in [5.74, 6) is -0.114. The Hall–Kier alpha value is -2.37. The molecule has 24 heavy (non-hydrogen) atoms. The molecule has 1 aromatic carbocycles. The average Bonchev–Trinajstić information content (AvgIpc) is 2.47. The molecule has 0 spiro atoms. The molecular formula is C18H18F3NO2. The molecule has 2 aromatic rings. The van der Waals surface area contributed by atoms with Crippen molar-refractivity contribution in [3.63, 3.8) is 0 Å². The Kier molecular flexibility index (Phi) is 4.69. The predicted octanol–water partition coefficient (Wildman–Crippen LogP) is 4.51. The highest BCUT2D eigenvalue weighted by atomic mass is 19.4. The Morgan fingerprint density at radius 2 is 1.83 bits per heavy atom. The number of phenolic OH excluding ortho intramolecular Hbond substituents is 1. The van der Waals surface area contributed by atoms with Gasteiger partial charge in [0, 0.05) is 29.3 Å². The van der Waals surface area contributed by atoms with Crippen molar-refractivity contribution in [1.29, 1.82) is 0 Å². The first kappa shape index (κ1) is 18.0. The molecule has 128 valence electrons. The van der Waals surface area contributed by atoms with E-state index in [4.69, 9.17) is 0 Å². The van der Waals surface area contributed by atoms with Crippen LogP contribution in [0, 0.1) is 0 Å². The molecule has 1 heterocycles. The van der Waals surface area contributed by atoms with E-state index in [-0.39, 0.29) is 17.6 Å². The second-order valence-electron chi connectivity index (χ2n) is 6.58. The van der Waals surface area contributed by atoms with Gasteiger partial charge in [-0.25, -0.2) is 0 Å². The molecule has 0 amide bonds. The Morgan fingerprint density at radius 1 is 1.17 bits per heavy atom. The largest absolute Gasteiger partial charge is 0.507 e. The lowest BCUT2D eigenvalue weighted by atomic mass is 9.83. The van der Waals surface area contributed by atoms with Crippen LogP contribution in [0.1, 0.15) is 37.6 Å². The van der Waals surface area contributed by atoms with Gasteiger partial charge in [0.05, 0.1) is 0 Å². The van der Waals surface area contributed by atoms with Crippen LogP contribution in [0.25, 0.3) is 11.1 Å². The number of alkyl halides is 3. The number of halogens is 3. The number of nitrogens with zero attached hydrogens (tertiary/aromatic N) is 1. The molecule has 1 aromatic heterocycles. The highest BCUT2D eigenvalue weighted by Gasteiger charge is 2.32. The van der Waals surface area contributed by atoms with Crippen molar-refractivity contribution in [2.45, 2.75) is 38.8 Å². The third kappa shape index (κ3) is 3.75. The number of aromatic nitrogens is 1. The summed E-state index contributed by atoms with van der Waals surface area (Å²) in [5.41, 5.74) is 0.781. The van der Waals surface area contributed by atoms with Gasteiger partial charge in [0.25, 0.3) is 0 Å². The van der Waals surface area contributed by atoms with E-state index in [9.17, 15) is 23.1 Å². The lowest BCUT2D eigenvalue weighted by Crippen LogP contribution is -2.12. The van der Waals surface area contributed by atoms with Crippen LogP contribution in [0.3, 0.4) is 0 Å². The number of benzene rings is 1. The fourth-order valence-electron chi connectivity index (χ4n) is 2.31. The van der Waals surface area contributed by atoms with Gasteiger partial charge < -0.3 is 9.90 Å². The second-order valence-corrected chi connectivity index (χ2v) is 6.58. The predicted molar refractivity (Wildman–Crippen MR) is 84.8 cm³/mol. The van der Waals surface area contributed by atoms with E-state index in [2.05, 4.69) is 4.98 Å². The van der Waals surface area contributed by atoms with Gasteiger partial charge >= 0.3 is 6.18 Å². The second kappa shape index (κ2) is 6.26. The zero-order valence-electron chi connectivity index (χ0n) is 13.6. The number of phenols is 1. The third-order valence-corrected chi connectivity index (χ3v) is 3.72. The summed E-state index contributed by atoms with van der Waals surface area (Å²) < 4.78 is 37.9. The van der Waals surface area contributed by atoms with Gasteiger partial charge in [0.15, 0.2) is 0 Å². The molecule has 0 aliphatic rings. The van der Waals surface area contributed by atoms with Crippen LogP contribution in [0.5, 0.6) is 5.75 Å². The number of hydrogen-bond acceptors (Lipinski definition) is 3. The Labute approximate surface area is 138 Å². The molecule has 0 fully saturated rings. The lowest BCUT2D eigenvalue weighted by molar-refractivity contribution is -0.141. The molecule has 2 rings (SSSR count). The van der Waals surface area contributed by atoms with Crippen LogP contribution in [0.4, 0.5) is 13.2 Å². The minimum atomic E-state index is -4.52. The highest BCUT2D eigenvalue weighted by Crippen LogP contribution is 2.38. The van der Waals surface area contributed by atoms with Gasteiger partial charge in [-0.15, -0.1) is 0 Å². The normalized spacial score (nSPS) is 12.2. The first-order valence-corrected chi connectivity index (χ1v) is 7.37. The molecule has 6 heteroatoms. The molecule has 0 atom stereocenters. The summed E-state index contributed by atoms with van der Waals surface area (Å²) in [6.07, 6.45) is -2.74. The molecule has 3 nitrogen and oxygen atoms in total. The van der Waals surface area contributed by atoms with Crippen molar-refractivity contribution in [2.75, 3.05) is 0 Å². The third-order valence-electron chi connectivity index (χ3n) is 3.72. The van der Waals surface area contributed by atoms with Crippen LogP contribution in [-0.4, -0.2) is 16.4 Å². The molecular weight excluding hydrogens is 319 g/mol. The van der Waals surface area contributed by atoms with E-state index in [1.807, 2.05) is 20.8 Å². The molecule has 0 aliphatic carbocycles. The standard InChI is InChI=1S/C18H18F3NO2/c1-17(2,3)13-8-11(6-7-23)16(24)14(9-13)12-4-5-15(22-10-12)18(19,20)21/h4-5,7-10,24H,6H2,1-3H3. The summed E-state index contributed by atoms with van der Waals surface area (Å²) in [6, 6.07) is 5.60. The van der Waals surface area contributed by atoms with Gasteiger partial charge in [-0.1, -0.05) is 32.9 Å². The summed E-state index contributed by atoms with van der Waals surface area (Å²) in [7, 11) is 0. The van der Waals surface area contributed by atoms with Crippen LogP contribution in [-0.2, 0) is 22.8 Å². The van der Waals surface area contributed by atoms with E-state index >= 15 is 0 Å². The van der Waals surface area contributed by atoms with E-state index < -0.39 is 11.9 Å². The zero-order chi connectivity index (χ0) is 18.1. The quantitative estimate of drug-likeness (QED) is 0.838. The Balaban J connectivity index is 2.60. The minimum Gasteiger partial charge on any atom is -0.507 e. The molecule has 0 bridgehead atoms.